The summed E-state index contributed by atoms with van der Waals surface area (Å²) in [5, 5.41) is 8.44. The molecule has 238 valence electrons. The highest BCUT2D eigenvalue weighted by atomic mass is 16.2. The zero-order valence-corrected chi connectivity index (χ0v) is 25.0. The Kier molecular flexibility index (Phi) is 15.8. The van der Waals surface area contributed by atoms with Crippen LogP contribution < -0.4 is 50.4 Å². The van der Waals surface area contributed by atoms with E-state index in [2.05, 4.69) is 16.0 Å². The van der Waals surface area contributed by atoms with Crippen LogP contribution in [-0.4, -0.2) is 54.7 Å². The SMILES string of the molecule is NCCCCC(N)C(=O)NC(N)CCCC(N)(NC(=O)C(N)CCCCN)C(=O)NC(c1ccccc1)c1ccccc1. The van der Waals surface area contributed by atoms with Crippen molar-refractivity contribution < 1.29 is 14.4 Å². The van der Waals surface area contributed by atoms with E-state index in [9.17, 15) is 14.4 Å². The minimum absolute atomic E-state index is 0.0442. The molecule has 0 aliphatic heterocycles. The molecule has 12 heteroatoms. The smallest absolute Gasteiger partial charge is 0.261 e. The molecule has 0 aliphatic carbocycles. The number of hydrogen-bond acceptors (Lipinski definition) is 9. The van der Waals surface area contributed by atoms with Gasteiger partial charge in [-0.1, -0.05) is 73.5 Å². The van der Waals surface area contributed by atoms with Gasteiger partial charge in [0.2, 0.25) is 11.8 Å². The Labute approximate surface area is 255 Å². The summed E-state index contributed by atoms with van der Waals surface area (Å²) in [7, 11) is 0. The molecule has 0 heterocycles. The molecule has 12 nitrogen and oxygen atoms in total. The summed E-state index contributed by atoms with van der Waals surface area (Å²) in [4.78, 5) is 39.4. The maximum atomic E-state index is 13.9. The molecule has 0 aromatic heterocycles. The summed E-state index contributed by atoms with van der Waals surface area (Å²) in [5.41, 5.74) is 35.9. The molecule has 0 aliphatic rings. The van der Waals surface area contributed by atoms with Gasteiger partial charge in [-0.3, -0.25) is 14.4 Å². The zero-order valence-electron chi connectivity index (χ0n) is 25.0. The van der Waals surface area contributed by atoms with Gasteiger partial charge in [0.25, 0.3) is 5.91 Å². The number of unbranched alkanes of at least 4 members (excludes halogenated alkanes) is 2. The molecule has 0 saturated heterocycles. The quantitative estimate of drug-likeness (QED) is 0.0743. The number of carbonyl (C=O) groups excluding carboxylic acids is 3. The second-order valence-corrected chi connectivity index (χ2v) is 11.0. The molecule has 2 rings (SSSR count). The third-order valence-corrected chi connectivity index (χ3v) is 7.32. The fourth-order valence-electron chi connectivity index (χ4n) is 4.70. The predicted molar refractivity (Wildman–Crippen MR) is 170 cm³/mol. The largest absolute Gasteiger partial charge is 0.342 e. The summed E-state index contributed by atoms with van der Waals surface area (Å²) >= 11 is 0. The molecular formula is C31H51N9O3. The van der Waals surface area contributed by atoms with Crippen LogP contribution in [0.1, 0.15) is 75.0 Å². The summed E-state index contributed by atoms with van der Waals surface area (Å²) in [6, 6.07) is 16.9. The Bertz CT molecular complexity index is 1070. The molecule has 0 fully saturated rings. The van der Waals surface area contributed by atoms with E-state index in [4.69, 9.17) is 34.4 Å². The van der Waals surface area contributed by atoms with Crippen LogP contribution in [0.25, 0.3) is 0 Å². The number of carbonyl (C=O) groups is 3. The van der Waals surface area contributed by atoms with Gasteiger partial charge in [0, 0.05) is 0 Å². The van der Waals surface area contributed by atoms with Crippen LogP contribution in [0.3, 0.4) is 0 Å². The van der Waals surface area contributed by atoms with E-state index in [1.165, 1.54) is 0 Å². The molecule has 2 aromatic carbocycles. The number of hydrogen-bond donors (Lipinski definition) is 9. The Morgan fingerprint density at radius 2 is 1.14 bits per heavy atom. The number of nitrogens with one attached hydrogen (secondary N) is 3. The summed E-state index contributed by atoms with van der Waals surface area (Å²) in [5.74, 6) is -1.47. The Morgan fingerprint density at radius 1 is 0.651 bits per heavy atom. The van der Waals surface area contributed by atoms with Gasteiger partial charge in [-0.15, -0.1) is 0 Å². The molecule has 3 amide bonds. The molecule has 4 atom stereocenters. The highest BCUT2D eigenvalue weighted by Gasteiger charge is 2.38. The lowest BCUT2D eigenvalue weighted by Crippen LogP contribution is -2.67. The molecule has 15 N–H and O–H groups in total. The second kappa shape index (κ2) is 19.0. The van der Waals surface area contributed by atoms with Crippen molar-refractivity contribution in [2.75, 3.05) is 13.1 Å². The summed E-state index contributed by atoms with van der Waals surface area (Å²) < 4.78 is 0. The van der Waals surface area contributed by atoms with Crippen molar-refractivity contribution >= 4 is 17.7 Å². The highest BCUT2D eigenvalue weighted by Crippen LogP contribution is 2.23. The van der Waals surface area contributed by atoms with Gasteiger partial charge >= 0.3 is 0 Å². The van der Waals surface area contributed by atoms with Crippen LogP contribution in [0.15, 0.2) is 60.7 Å². The van der Waals surface area contributed by atoms with Crippen LogP contribution in [0.2, 0.25) is 0 Å². The fraction of sp³-hybridized carbons (Fsp3) is 0.516. The maximum Gasteiger partial charge on any atom is 0.261 e. The van der Waals surface area contributed by atoms with E-state index >= 15 is 0 Å². The van der Waals surface area contributed by atoms with Gasteiger partial charge < -0.3 is 50.4 Å². The molecule has 2 aromatic rings. The molecule has 4 unspecified atom stereocenters. The number of benzene rings is 2. The molecule has 0 saturated carbocycles. The van der Waals surface area contributed by atoms with Crippen LogP contribution in [0, 0.1) is 0 Å². The third kappa shape index (κ3) is 12.4. The van der Waals surface area contributed by atoms with E-state index in [1.54, 1.807) is 0 Å². The fourth-order valence-corrected chi connectivity index (χ4v) is 4.70. The van der Waals surface area contributed by atoms with Crippen molar-refractivity contribution in [2.24, 2.45) is 34.4 Å². The molecular weight excluding hydrogens is 546 g/mol. The summed E-state index contributed by atoms with van der Waals surface area (Å²) in [6.45, 7) is 1.03. The van der Waals surface area contributed by atoms with Crippen molar-refractivity contribution in [1.29, 1.82) is 0 Å². The Balaban J connectivity index is 2.17. The average Bonchev–Trinajstić information content (AvgIpc) is 3.00. The summed E-state index contributed by atoms with van der Waals surface area (Å²) in [6.07, 6.45) is 3.78. The van der Waals surface area contributed by atoms with E-state index in [0.29, 0.717) is 45.2 Å². The van der Waals surface area contributed by atoms with E-state index in [1.807, 2.05) is 60.7 Å². The topological polar surface area (TPSA) is 243 Å². The van der Waals surface area contributed by atoms with Gasteiger partial charge in [-0.2, -0.15) is 0 Å². The maximum absolute atomic E-state index is 13.9. The Morgan fingerprint density at radius 3 is 1.63 bits per heavy atom. The monoisotopic (exact) mass is 597 g/mol. The zero-order chi connectivity index (χ0) is 31.7. The first-order valence-electron chi connectivity index (χ1n) is 15.1. The third-order valence-electron chi connectivity index (χ3n) is 7.32. The molecule has 0 spiro atoms. The van der Waals surface area contributed by atoms with Crippen LogP contribution in [-0.2, 0) is 14.4 Å². The van der Waals surface area contributed by atoms with Gasteiger partial charge in [0.1, 0.15) is 0 Å². The van der Waals surface area contributed by atoms with Crippen LogP contribution in [0.5, 0.6) is 0 Å². The first-order valence-corrected chi connectivity index (χ1v) is 15.1. The first kappa shape index (κ1) is 35.8. The van der Waals surface area contributed by atoms with Gasteiger partial charge in [0.15, 0.2) is 5.66 Å². The molecule has 43 heavy (non-hydrogen) atoms. The number of rotatable bonds is 20. The van der Waals surface area contributed by atoms with Crippen molar-refractivity contribution in [3.8, 4) is 0 Å². The Hall–Kier alpha value is -3.39. The van der Waals surface area contributed by atoms with Crippen molar-refractivity contribution in [3.05, 3.63) is 71.8 Å². The second-order valence-electron chi connectivity index (χ2n) is 11.0. The molecule has 0 bridgehead atoms. The van der Waals surface area contributed by atoms with Crippen molar-refractivity contribution in [3.63, 3.8) is 0 Å². The average molecular weight is 598 g/mol. The minimum Gasteiger partial charge on any atom is -0.342 e. The number of nitrogens with two attached hydrogens (primary N) is 6. The van der Waals surface area contributed by atoms with Crippen LogP contribution >= 0.6 is 0 Å². The predicted octanol–water partition coefficient (Wildman–Crippen LogP) is 0.147. The lowest BCUT2D eigenvalue weighted by atomic mass is 9.95. The van der Waals surface area contributed by atoms with Crippen molar-refractivity contribution in [1.82, 2.24) is 16.0 Å². The standard InChI is InChI=1S/C31H51N9O3/c32-20-9-7-16-24(34)28(41)38-26(36)18-11-19-31(37,40-29(42)25(35)17-8-10-21-33)30(43)39-27(22-12-3-1-4-13-22)23-14-5-2-6-15-23/h1-6,12-15,24-27H,7-11,16-21,32-37H2,(H,38,41)(H,39,43)(H,40,42). The van der Waals surface area contributed by atoms with E-state index < -0.39 is 41.8 Å². The van der Waals surface area contributed by atoms with Gasteiger partial charge in [0.05, 0.1) is 24.3 Å². The highest BCUT2D eigenvalue weighted by molar-refractivity contribution is 5.92. The number of amides is 3. The van der Waals surface area contributed by atoms with Crippen molar-refractivity contribution in [2.45, 2.75) is 87.7 Å². The van der Waals surface area contributed by atoms with E-state index in [0.717, 1.165) is 30.4 Å². The molecule has 0 radical (unpaired) electrons. The van der Waals surface area contributed by atoms with Crippen LogP contribution in [0.4, 0.5) is 0 Å². The van der Waals surface area contributed by atoms with Gasteiger partial charge in [-0.25, -0.2) is 0 Å². The normalized spacial score (nSPS) is 14.8. The van der Waals surface area contributed by atoms with Gasteiger partial charge in [-0.05, 0) is 69.2 Å². The lowest BCUT2D eigenvalue weighted by molar-refractivity contribution is -0.135. The van der Waals surface area contributed by atoms with E-state index in [-0.39, 0.29) is 12.3 Å². The first-order chi connectivity index (χ1) is 20.6. The minimum atomic E-state index is -1.80. The lowest BCUT2D eigenvalue weighted by Gasteiger charge is -2.33.